The third-order valence-electron chi connectivity index (χ3n) is 3.53. The van der Waals surface area contributed by atoms with Crippen LogP contribution in [0.4, 0.5) is 0 Å². The number of thiazole rings is 1. The molecule has 2 nitrogen and oxygen atoms in total. The Labute approximate surface area is 80.2 Å². The largest absolute Gasteiger partial charge is 0.294 e. The molecule has 13 heavy (non-hydrogen) atoms. The minimum Gasteiger partial charge on any atom is -0.294 e. The van der Waals surface area contributed by atoms with Crippen molar-refractivity contribution < 1.29 is 0 Å². The molecule has 2 atom stereocenters. The molecule has 0 N–H and O–H groups in total. The number of fused-ring (bicyclic) bond motifs is 7. The highest BCUT2D eigenvalue weighted by Gasteiger charge is 2.40. The molecule has 0 amide bonds. The Bertz CT molecular complexity index is 482. The van der Waals surface area contributed by atoms with Gasteiger partial charge in [-0.1, -0.05) is 0 Å². The van der Waals surface area contributed by atoms with Gasteiger partial charge in [0, 0.05) is 29.1 Å². The summed E-state index contributed by atoms with van der Waals surface area (Å²) in [7, 11) is 0. The van der Waals surface area contributed by atoms with Gasteiger partial charge >= 0.3 is 0 Å². The van der Waals surface area contributed by atoms with Crippen LogP contribution >= 0.6 is 11.3 Å². The number of hydrogen-bond donors (Lipinski definition) is 0. The fourth-order valence-electron chi connectivity index (χ4n) is 3.00. The molecule has 66 valence electrons. The van der Waals surface area contributed by atoms with Crippen molar-refractivity contribution in [3.8, 4) is 0 Å². The minimum absolute atomic E-state index is 0.798. The molecule has 2 aliphatic rings. The zero-order valence-corrected chi connectivity index (χ0v) is 8.05. The van der Waals surface area contributed by atoms with Gasteiger partial charge < -0.3 is 0 Å². The molecule has 2 heterocycles. The Morgan fingerprint density at radius 2 is 2.31 bits per heavy atom. The SMILES string of the molecule is c1cn2c3c(nc2s1)C1CCC3C1. The fourth-order valence-corrected chi connectivity index (χ4v) is 3.73. The van der Waals surface area contributed by atoms with Gasteiger partial charge in [-0.15, -0.1) is 11.3 Å². The molecule has 4 rings (SSSR count). The van der Waals surface area contributed by atoms with Crippen LogP contribution in [0.3, 0.4) is 0 Å². The van der Waals surface area contributed by atoms with E-state index in [2.05, 4.69) is 16.0 Å². The summed E-state index contributed by atoms with van der Waals surface area (Å²) < 4.78 is 2.31. The van der Waals surface area contributed by atoms with E-state index in [-0.39, 0.29) is 0 Å². The van der Waals surface area contributed by atoms with E-state index >= 15 is 0 Å². The topological polar surface area (TPSA) is 17.3 Å². The van der Waals surface area contributed by atoms with Gasteiger partial charge in [0.15, 0.2) is 4.96 Å². The molecule has 0 spiro atoms. The molecule has 2 aliphatic carbocycles. The molecule has 0 aromatic carbocycles. The first-order chi connectivity index (χ1) is 6.43. The van der Waals surface area contributed by atoms with Crippen LogP contribution in [-0.2, 0) is 0 Å². The van der Waals surface area contributed by atoms with E-state index in [0.29, 0.717) is 0 Å². The van der Waals surface area contributed by atoms with Crippen LogP contribution in [0.2, 0.25) is 0 Å². The fraction of sp³-hybridized carbons (Fsp3) is 0.500. The van der Waals surface area contributed by atoms with Crippen molar-refractivity contribution in [1.29, 1.82) is 0 Å². The van der Waals surface area contributed by atoms with Crippen molar-refractivity contribution in [3.63, 3.8) is 0 Å². The van der Waals surface area contributed by atoms with Crippen LogP contribution in [0.1, 0.15) is 42.5 Å². The lowest BCUT2D eigenvalue weighted by atomic mass is 10.0. The number of rotatable bonds is 0. The maximum atomic E-state index is 4.72. The zero-order valence-electron chi connectivity index (χ0n) is 7.23. The van der Waals surface area contributed by atoms with Gasteiger partial charge in [0.05, 0.1) is 5.69 Å². The number of nitrogens with zero attached hydrogens (tertiary/aromatic N) is 2. The summed E-state index contributed by atoms with van der Waals surface area (Å²) in [6, 6.07) is 0. The Balaban J connectivity index is 2.15. The highest BCUT2D eigenvalue weighted by Crippen LogP contribution is 2.52. The Morgan fingerprint density at radius 3 is 3.31 bits per heavy atom. The van der Waals surface area contributed by atoms with Crippen LogP contribution in [0.5, 0.6) is 0 Å². The van der Waals surface area contributed by atoms with Crippen molar-refractivity contribution in [2.45, 2.75) is 31.1 Å². The number of aromatic nitrogens is 2. The second-order valence-electron chi connectivity index (χ2n) is 4.14. The number of imidazole rings is 1. The highest BCUT2D eigenvalue weighted by molar-refractivity contribution is 7.15. The van der Waals surface area contributed by atoms with Crippen LogP contribution in [0.15, 0.2) is 11.6 Å². The second kappa shape index (κ2) is 1.98. The molecule has 1 fully saturated rings. The summed E-state index contributed by atoms with van der Waals surface area (Å²) >= 11 is 1.76. The van der Waals surface area contributed by atoms with E-state index in [1.54, 1.807) is 11.3 Å². The first-order valence-electron chi connectivity index (χ1n) is 4.89. The quantitative estimate of drug-likeness (QED) is 0.624. The third-order valence-corrected chi connectivity index (χ3v) is 4.29. The molecular formula is C10H10N2S. The predicted octanol–water partition coefficient (Wildman–Crippen LogP) is 2.76. The van der Waals surface area contributed by atoms with Crippen LogP contribution in [-0.4, -0.2) is 9.38 Å². The number of hydrogen-bond acceptors (Lipinski definition) is 2. The molecule has 2 aromatic rings. The van der Waals surface area contributed by atoms with Crippen LogP contribution in [0.25, 0.3) is 4.96 Å². The van der Waals surface area contributed by atoms with Gasteiger partial charge in [0.2, 0.25) is 0 Å². The first kappa shape index (κ1) is 6.60. The highest BCUT2D eigenvalue weighted by atomic mass is 32.1. The van der Waals surface area contributed by atoms with Crippen molar-refractivity contribution in [2.75, 3.05) is 0 Å². The Hall–Kier alpha value is -0.830. The van der Waals surface area contributed by atoms with E-state index in [4.69, 9.17) is 4.98 Å². The lowest BCUT2D eigenvalue weighted by molar-refractivity contribution is 0.690. The van der Waals surface area contributed by atoms with E-state index in [1.165, 1.54) is 35.6 Å². The maximum absolute atomic E-state index is 4.72. The van der Waals surface area contributed by atoms with Crippen LogP contribution in [0, 0.1) is 0 Å². The van der Waals surface area contributed by atoms with Gasteiger partial charge in [-0.3, -0.25) is 4.40 Å². The average Bonchev–Trinajstić information content (AvgIpc) is 2.79. The van der Waals surface area contributed by atoms with E-state index in [9.17, 15) is 0 Å². The lowest BCUT2D eigenvalue weighted by Crippen LogP contribution is -1.98. The summed E-state index contributed by atoms with van der Waals surface area (Å²) in [5, 5.41) is 2.13. The third kappa shape index (κ3) is 0.645. The van der Waals surface area contributed by atoms with E-state index < -0.39 is 0 Å². The van der Waals surface area contributed by atoms with Gasteiger partial charge in [0.25, 0.3) is 0 Å². The maximum Gasteiger partial charge on any atom is 0.194 e. The van der Waals surface area contributed by atoms with E-state index in [1.807, 2.05) is 0 Å². The Morgan fingerprint density at radius 1 is 1.38 bits per heavy atom. The Kier molecular flexibility index (Phi) is 1.00. The van der Waals surface area contributed by atoms with Crippen molar-refractivity contribution in [1.82, 2.24) is 9.38 Å². The van der Waals surface area contributed by atoms with E-state index in [0.717, 1.165) is 11.8 Å². The minimum atomic E-state index is 0.798. The summed E-state index contributed by atoms with van der Waals surface area (Å²) in [4.78, 5) is 5.91. The standard InChI is InChI=1S/C10H10N2S/c1-2-7-5-6(1)8-9(7)12-3-4-13-10(12)11-8/h3-4,6-7H,1-2,5H2. The van der Waals surface area contributed by atoms with Gasteiger partial charge in [-0.05, 0) is 19.3 Å². The molecule has 2 aromatic heterocycles. The average molecular weight is 190 g/mol. The normalized spacial score (nSPS) is 30.2. The summed E-state index contributed by atoms with van der Waals surface area (Å²) in [5.41, 5.74) is 2.95. The van der Waals surface area contributed by atoms with Crippen molar-refractivity contribution in [2.24, 2.45) is 0 Å². The molecular weight excluding hydrogens is 180 g/mol. The lowest BCUT2D eigenvalue weighted by Gasteiger charge is -2.08. The van der Waals surface area contributed by atoms with Crippen LogP contribution < -0.4 is 0 Å². The molecule has 0 aliphatic heterocycles. The van der Waals surface area contributed by atoms with Crippen molar-refractivity contribution >= 4 is 16.3 Å². The molecule has 1 saturated carbocycles. The molecule has 0 radical (unpaired) electrons. The van der Waals surface area contributed by atoms with Gasteiger partial charge in [0.1, 0.15) is 0 Å². The smallest absolute Gasteiger partial charge is 0.194 e. The molecule has 0 saturated heterocycles. The van der Waals surface area contributed by atoms with Crippen molar-refractivity contribution in [3.05, 3.63) is 23.0 Å². The summed E-state index contributed by atoms with van der Waals surface area (Å²) in [6.07, 6.45) is 6.31. The van der Waals surface area contributed by atoms with Gasteiger partial charge in [-0.25, -0.2) is 4.98 Å². The monoisotopic (exact) mass is 190 g/mol. The first-order valence-corrected chi connectivity index (χ1v) is 5.77. The zero-order chi connectivity index (χ0) is 8.41. The second-order valence-corrected chi connectivity index (χ2v) is 5.02. The van der Waals surface area contributed by atoms with Gasteiger partial charge in [-0.2, -0.15) is 0 Å². The molecule has 2 bridgehead atoms. The summed E-state index contributed by atoms with van der Waals surface area (Å²) in [6.45, 7) is 0. The summed E-state index contributed by atoms with van der Waals surface area (Å²) in [5.74, 6) is 1.62. The molecule has 2 unspecified atom stereocenters. The molecule has 3 heteroatoms. The predicted molar refractivity (Wildman–Crippen MR) is 52.4 cm³/mol.